The molecule has 3 rings (SSSR count). The monoisotopic (exact) mass is 418 g/mol. The van der Waals surface area contributed by atoms with Crippen molar-refractivity contribution in [1.29, 1.82) is 0 Å². The summed E-state index contributed by atoms with van der Waals surface area (Å²) in [6.45, 7) is 0.621. The molecule has 9 heteroatoms. The predicted octanol–water partition coefficient (Wildman–Crippen LogP) is 2.30. The number of carbonyl (C=O) groups excluding carboxylic acids is 2. The SMILES string of the molecule is O=C1CSC(=O)N1C1CCN(S(=O)(=O)c2ccc(Br)cc2)CC1. The molecule has 2 aliphatic heterocycles. The van der Waals surface area contributed by atoms with E-state index in [4.69, 9.17) is 0 Å². The number of thioether (sulfide) groups is 1. The van der Waals surface area contributed by atoms with Gasteiger partial charge in [0.25, 0.3) is 5.24 Å². The Morgan fingerprint density at radius 3 is 2.22 bits per heavy atom. The first-order chi connectivity index (χ1) is 10.9. The summed E-state index contributed by atoms with van der Waals surface area (Å²) in [6, 6.07) is 6.32. The predicted molar refractivity (Wildman–Crippen MR) is 90.6 cm³/mol. The molecule has 124 valence electrons. The Hall–Kier alpha value is -0.900. The van der Waals surface area contributed by atoms with E-state index in [0.717, 1.165) is 16.2 Å². The van der Waals surface area contributed by atoms with Gasteiger partial charge in [-0.3, -0.25) is 14.5 Å². The minimum atomic E-state index is -3.53. The number of rotatable bonds is 3. The summed E-state index contributed by atoms with van der Waals surface area (Å²) in [5.41, 5.74) is 0. The van der Waals surface area contributed by atoms with E-state index in [2.05, 4.69) is 15.9 Å². The quantitative estimate of drug-likeness (QED) is 0.752. The lowest BCUT2D eigenvalue weighted by Gasteiger charge is -2.34. The third-order valence-corrected chi connectivity index (χ3v) is 7.30. The standard InChI is InChI=1S/C14H15BrN2O4S2/c15-10-1-3-12(4-2-10)23(20,21)16-7-5-11(6-8-16)17-13(18)9-22-14(17)19/h1-4,11H,5-9H2. The van der Waals surface area contributed by atoms with Crippen LogP contribution in [0.2, 0.25) is 0 Å². The third kappa shape index (κ3) is 3.33. The van der Waals surface area contributed by atoms with Crippen LogP contribution in [0.25, 0.3) is 0 Å². The van der Waals surface area contributed by atoms with Gasteiger partial charge in [-0.05, 0) is 37.1 Å². The van der Waals surface area contributed by atoms with Crippen LogP contribution in [0.15, 0.2) is 33.6 Å². The molecule has 2 amide bonds. The fraction of sp³-hybridized carbons (Fsp3) is 0.429. The van der Waals surface area contributed by atoms with Crippen molar-refractivity contribution in [3.63, 3.8) is 0 Å². The van der Waals surface area contributed by atoms with Crippen LogP contribution in [0.1, 0.15) is 12.8 Å². The summed E-state index contributed by atoms with van der Waals surface area (Å²) in [5, 5.41) is -0.218. The van der Waals surface area contributed by atoms with Gasteiger partial charge in [0.2, 0.25) is 15.9 Å². The van der Waals surface area contributed by atoms with Gasteiger partial charge < -0.3 is 0 Å². The van der Waals surface area contributed by atoms with Crippen LogP contribution >= 0.6 is 27.7 Å². The van der Waals surface area contributed by atoms with Crippen molar-refractivity contribution in [2.45, 2.75) is 23.8 Å². The molecule has 2 aliphatic rings. The van der Waals surface area contributed by atoms with Crippen LogP contribution in [0.4, 0.5) is 4.79 Å². The van der Waals surface area contributed by atoms with E-state index < -0.39 is 10.0 Å². The van der Waals surface area contributed by atoms with E-state index in [0.29, 0.717) is 25.9 Å². The number of halogens is 1. The summed E-state index contributed by atoms with van der Waals surface area (Å²) < 4.78 is 27.5. The minimum absolute atomic E-state index is 0.172. The van der Waals surface area contributed by atoms with Crippen LogP contribution < -0.4 is 0 Å². The molecule has 0 aromatic heterocycles. The van der Waals surface area contributed by atoms with Crippen LogP contribution in [0.3, 0.4) is 0 Å². The molecule has 1 aromatic rings. The highest BCUT2D eigenvalue weighted by molar-refractivity contribution is 9.10. The first kappa shape index (κ1) is 16.9. The summed E-state index contributed by atoms with van der Waals surface area (Å²) >= 11 is 4.30. The average molecular weight is 419 g/mol. The van der Waals surface area contributed by atoms with Crippen LogP contribution in [0.5, 0.6) is 0 Å². The summed E-state index contributed by atoms with van der Waals surface area (Å²) in [5.74, 6) is 0.0187. The van der Waals surface area contributed by atoms with Gasteiger partial charge in [0.15, 0.2) is 0 Å². The van der Waals surface area contributed by atoms with E-state index >= 15 is 0 Å². The van der Waals surface area contributed by atoms with Gasteiger partial charge in [0.05, 0.1) is 10.6 Å². The second kappa shape index (κ2) is 6.54. The highest BCUT2D eigenvalue weighted by atomic mass is 79.9. The number of amides is 2. The fourth-order valence-electron chi connectivity index (χ4n) is 2.81. The topological polar surface area (TPSA) is 74.8 Å². The van der Waals surface area contributed by atoms with Gasteiger partial charge in [-0.15, -0.1) is 0 Å². The molecule has 6 nitrogen and oxygen atoms in total. The van der Waals surface area contributed by atoms with Crippen molar-refractivity contribution in [2.75, 3.05) is 18.8 Å². The van der Waals surface area contributed by atoms with Crippen molar-refractivity contribution in [1.82, 2.24) is 9.21 Å². The third-order valence-electron chi connectivity index (χ3n) is 4.02. The van der Waals surface area contributed by atoms with Crippen molar-refractivity contribution in [2.24, 2.45) is 0 Å². The van der Waals surface area contributed by atoms with Gasteiger partial charge >= 0.3 is 0 Å². The maximum absolute atomic E-state index is 12.6. The van der Waals surface area contributed by atoms with Gasteiger partial charge in [-0.25, -0.2) is 8.42 Å². The van der Waals surface area contributed by atoms with E-state index in [1.807, 2.05) is 0 Å². The van der Waals surface area contributed by atoms with E-state index in [1.54, 1.807) is 24.3 Å². The molecule has 2 saturated heterocycles. The van der Waals surface area contributed by atoms with E-state index in [1.165, 1.54) is 9.21 Å². The van der Waals surface area contributed by atoms with Gasteiger partial charge in [0, 0.05) is 23.6 Å². The number of hydrogen-bond donors (Lipinski definition) is 0. The Bertz CT molecular complexity index is 712. The maximum atomic E-state index is 12.6. The Balaban J connectivity index is 1.70. The Morgan fingerprint density at radius 2 is 1.70 bits per heavy atom. The lowest BCUT2D eigenvalue weighted by atomic mass is 10.1. The molecule has 23 heavy (non-hydrogen) atoms. The van der Waals surface area contributed by atoms with Gasteiger partial charge in [-0.1, -0.05) is 27.7 Å². The number of carbonyl (C=O) groups is 2. The van der Waals surface area contributed by atoms with Crippen molar-refractivity contribution >= 4 is 48.9 Å². The average Bonchev–Trinajstić information content (AvgIpc) is 2.87. The normalized spacial score (nSPS) is 21.2. The van der Waals surface area contributed by atoms with Crippen LogP contribution in [-0.4, -0.2) is 53.7 Å². The van der Waals surface area contributed by atoms with Gasteiger partial charge in [-0.2, -0.15) is 4.31 Å². The summed E-state index contributed by atoms with van der Waals surface area (Å²) in [6.07, 6.45) is 0.960. The van der Waals surface area contributed by atoms with Crippen LogP contribution in [-0.2, 0) is 14.8 Å². The summed E-state index contributed by atoms with van der Waals surface area (Å²) in [4.78, 5) is 25.1. The van der Waals surface area contributed by atoms with Gasteiger partial charge in [0.1, 0.15) is 0 Å². The molecule has 0 spiro atoms. The zero-order chi connectivity index (χ0) is 16.6. The first-order valence-corrected chi connectivity index (χ1v) is 10.4. The zero-order valence-electron chi connectivity index (χ0n) is 12.1. The molecule has 0 atom stereocenters. The molecule has 2 fully saturated rings. The molecule has 1 aromatic carbocycles. The number of hydrogen-bond acceptors (Lipinski definition) is 5. The highest BCUT2D eigenvalue weighted by Gasteiger charge is 2.39. The molecular weight excluding hydrogens is 404 g/mol. The second-order valence-electron chi connectivity index (χ2n) is 5.41. The van der Waals surface area contributed by atoms with Crippen molar-refractivity contribution in [3.8, 4) is 0 Å². The molecule has 0 N–H and O–H groups in total. The molecule has 2 heterocycles. The Labute approximate surface area is 147 Å². The Kier molecular flexibility index (Phi) is 4.82. The molecule has 0 aliphatic carbocycles. The van der Waals surface area contributed by atoms with Crippen molar-refractivity contribution in [3.05, 3.63) is 28.7 Å². The second-order valence-corrected chi connectivity index (χ2v) is 9.19. The maximum Gasteiger partial charge on any atom is 0.289 e. The molecule has 0 saturated carbocycles. The van der Waals surface area contributed by atoms with E-state index in [-0.39, 0.29) is 27.8 Å². The lowest BCUT2D eigenvalue weighted by Crippen LogP contribution is -2.48. The Morgan fingerprint density at radius 1 is 1.09 bits per heavy atom. The molecule has 0 radical (unpaired) electrons. The lowest BCUT2D eigenvalue weighted by molar-refractivity contribution is -0.126. The van der Waals surface area contributed by atoms with Crippen LogP contribution in [0, 0.1) is 0 Å². The number of nitrogens with zero attached hydrogens (tertiary/aromatic N) is 2. The molecule has 0 bridgehead atoms. The summed E-state index contributed by atoms with van der Waals surface area (Å²) in [7, 11) is -3.53. The largest absolute Gasteiger partial charge is 0.289 e. The molecule has 0 unspecified atom stereocenters. The highest BCUT2D eigenvalue weighted by Crippen LogP contribution is 2.29. The minimum Gasteiger partial charge on any atom is -0.273 e. The van der Waals surface area contributed by atoms with E-state index in [9.17, 15) is 18.0 Å². The molecular formula is C14H15BrN2O4S2. The van der Waals surface area contributed by atoms with Crippen molar-refractivity contribution < 1.29 is 18.0 Å². The first-order valence-electron chi connectivity index (χ1n) is 7.14. The zero-order valence-corrected chi connectivity index (χ0v) is 15.4. The number of sulfonamides is 1. The number of imide groups is 1. The number of piperidine rings is 1. The fourth-order valence-corrected chi connectivity index (χ4v) is 5.32. The number of benzene rings is 1. The smallest absolute Gasteiger partial charge is 0.273 e.